The Balaban J connectivity index is 1.93. The molecule has 1 saturated carbocycles. The van der Waals surface area contributed by atoms with Crippen molar-refractivity contribution in [2.45, 2.75) is 51.0 Å². The van der Waals surface area contributed by atoms with E-state index in [1.54, 1.807) is 11.4 Å². The van der Waals surface area contributed by atoms with Crippen LogP contribution in [0.25, 0.3) is 0 Å². The minimum absolute atomic E-state index is 0.406. The van der Waals surface area contributed by atoms with Gasteiger partial charge in [0.15, 0.2) is 0 Å². The SMILES string of the molecule is CCNCc1cc(S(=O)(=O)NCC2CCCCC2C)cs1. The highest BCUT2D eigenvalue weighted by atomic mass is 32.2. The molecular weight excluding hydrogens is 304 g/mol. The van der Waals surface area contributed by atoms with Gasteiger partial charge in [-0.1, -0.05) is 33.1 Å². The highest BCUT2D eigenvalue weighted by molar-refractivity contribution is 7.89. The summed E-state index contributed by atoms with van der Waals surface area (Å²) in [5.41, 5.74) is 0. The minimum atomic E-state index is -3.35. The van der Waals surface area contributed by atoms with Crippen molar-refractivity contribution in [1.29, 1.82) is 0 Å². The Morgan fingerprint density at radius 1 is 1.33 bits per heavy atom. The van der Waals surface area contributed by atoms with E-state index in [1.807, 2.05) is 6.92 Å². The first-order chi connectivity index (χ1) is 10.0. The van der Waals surface area contributed by atoms with Gasteiger partial charge in [0.05, 0.1) is 4.90 Å². The van der Waals surface area contributed by atoms with E-state index in [0.717, 1.165) is 24.4 Å². The van der Waals surface area contributed by atoms with Gasteiger partial charge in [0.1, 0.15) is 0 Å². The third kappa shape index (κ3) is 4.77. The molecular formula is C15H26N2O2S2. The summed E-state index contributed by atoms with van der Waals surface area (Å²) in [6.45, 7) is 6.46. The fourth-order valence-electron chi connectivity index (χ4n) is 2.84. The molecule has 1 aromatic rings. The number of thiophene rings is 1. The first kappa shape index (κ1) is 16.9. The lowest BCUT2D eigenvalue weighted by atomic mass is 9.81. The van der Waals surface area contributed by atoms with Crippen LogP contribution >= 0.6 is 11.3 Å². The Kier molecular flexibility index (Phi) is 6.22. The van der Waals surface area contributed by atoms with Crippen LogP contribution < -0.4 is 10.0 Å². The summed E-state index contributed by atoms with van der Waals surface area (Å²) in [5.74, 6) is 1.10. The van der Waals surface area contributed by atoms with Crippen molar-refractivity contribution in [3.8, 4) is 0 Å². The van der Waals surface area contributed by atoms with Crippen LogP contribution in [0.5, 0.6) is 0 Å². The fourth-order valence-corrected chi connectivity index (χ4v) is 5.18. The normalized spacial score (nSPS) is 23.3. The van der Waals surface area contributed by atoms with Crippen molar-refractivity contribution < 1.29 is 8.42 Å². The lowest BCUT2D eigenvalue weighted by molar-refractivity contribution is 0.257. The summed E-state index contributed by atoms with van der Waals surface area (Å²) in [5, 5.41) is 4.95. The molecule has 1 aromatic heterocycles. The third-order valence-corrected chi connectivity index (χ3v) is 6.80. The van der Waals surface area contributed by atoms with E-state index in [1.165, 1.54) is 30.6 Å². The Morgan fingerprint density at radius 2 is 2.10 bits per heavy atom. The maximum absolute atomic E-state index is 12.3. The third-order valence-electron chi connectivity index (χ3n) is 4.31. The quantitative estimate of drug-likeness (QED) is 0.808. The highest BCUT2D eigenvalue weighted by Crippen LogP contribution is 2.29. The summed E-state index contributed by atoms with van der Waals surface area (Å²) in [4.78, 5) is 1.46. The zero-order chi connectivity index (χ0) is 15.3. The molecule has 0 saturated heterocycles. The van der Waals surface area contributed by atoms with Crippen LogP contribution in [-0.2, 0) is 16.6 Å². The minimum Gasteiger partial charge on any atom is -0.312 e. The molecule has 2 rings (SSSR count). The molecule has 1 fully saturated rings. The largest absolute Gasteiger partial charge is 0.312 e. The van der Waals surface area contributed by atoms with E-state index in [0.29, 0.717) is 23.3 Å². The van der Waals surface area contributed by atoms with Gasteiger partial charge >= 0.3 is 0 Å². The zero-order valence-electron chi connectivity index (χ0n) is 12.9. The molecule has 2 unspecified atom stereocenters. The first-order valence-electron chi connectivity index (χ1n) is 7.80. The molecule has 21 heavy (non-hydrogen) atoms. The molecule has 4 nitrogen and oxygen atoms in total. The number of rotatable bonds is 7. The predicted octanol–water partition coefficient (Wildman–Crippen LogP) is 2.96. The highest BCUT2D eigenvalue weighted by Gasteiger charge is 2.24. The zero-order valence-corrected chi connectivity index (χ0v) is 14.5. The van der Waals surface area contributed by atoms with Gasteiger partial charge in [-0.3, -0.25) is 0 Å². The second-order valence-corrected chi connectivity index (χ2v) is 8.67. The van der Waals surface area contributed by atoms with Crippen molar-refractivity contribution in [2.75, 3.05) is 13.1 Å². The number of hydrogen-bond acceptors (Lipinski definition) is 4. The molecule has 6 heteroatoms. The van der Waals surface area contributed by atoms with Crippen molar-refractivity contribution in [1.82, 2.24) is 10.0 Å². The molecule has 1 aliphatic rings. The van der Waals surface area contributed by atoms with Crippen LogP contribution in [-0.4, -0.2) is 21.5 Å². The van der Waals surface area contributed by atoms with E-state index < -0.39 is 10.0 Å². The maximum atomic E-state index is 12.3. The molecule has 0 bridgehead atoms. The van der Waals surface area contributed by atoms with Crippen LogP contribution in [0, 0.1) is 11.8 Å². The van der Waals surface area contributed by atoms with Crippen molar-refractivity contribution in [3.63, 3.8) is 0 Å². The van der Waals surface area contributed by atoms with Crippen LogP contribution in [0.4, 0.5) is 0 Å². The van der Waals surface area contributed by atoms with Crippen molar-refractivity contribution in [2.24, 2.45) is 11.8 Å². The van der Waals surface area contributed by atoms with Crippen LogP contribution in [0.3, 0.4) is 0 Å². The van der Waals surface area contributed by atoms with Crippen LogP contribution in [0.15, 0.2) is 16.3 Å². The van der Waals surface area contributed by atoms with Gasteiger partial charge in [-0.25, -0.2) is 13.1 Å². The standard InChI is InChI=1S/C15H26N2O2S2/c1-3-16-10-14-8-15(11-20-14)21(18,19)17-9-13-7-5-4-6-12(13)2/h8,11-13,16-17H,3-7,9-10H2,1-2H3. The van der Waals surface area contributed by atoms with E-state index in [2.05, 4.69) is 17.0 Å². The molecule has 0 aromatic carbocycles. The van der Waals surface area contributed by atoms with Gasteiger partial charge in [-0.05, 0) is 30.9 Å². The van der Waals surface area contributed by atoms with E-state index >= 15 is 0 Å². The van der Waals surface area contributed by atoms with Gasteiger partial charge in [-0.15, -0.1) is 11.3 Å². The number of nitrogens with one attached hydrogen (secondary N) is 2. The Labute approximate surface area is 132 Å². The molecule has 120 valence electrons. The average Bonchev–Trinajstić information content (AvgIpc) is 2.94. The summed E-state index contributed by atoms with van der Waals surface area (Å²) in [6, 6.07) is 1.78. The topological polar surface area (TPSA) is 58.2 Å². The Morgan fingerprint density at radius 3 is 2.81 bits per heavy atom. The Hall–Kier alpha value is -0.430. The molecule has 1 aliphatic carbocycles. The molecule has 0 radical (unpaired) electrons. The number of sulfonamides is 1. The second-order valence-electron chi connectivity index (χ2n) is 5.90. The van der Waals surface area contributed by atoms with Gasteiger partial charge in [0, 0.05) is 23.3 Å². The Bertz CT molecular complexity index is 540. The van der Waals surface area contributed by atoms with Gasteiger partial charge < -0.3 is 5.32 Å². The maximum Gasteiger partial charge on any atom is 0.241 e. The summed E-state index contributed by atoms with van der Waals surface area (Å²) in [7, 11) is -3.35. The van der Waals surface area contributed by atoms with Crippen molar-refractivity contribution >= 4 is 21.4 Å². The van der Waals surface area contributed by atoms with Crippen LogP contribution in [0.2, 0.25) is 0 Å². The molecule has 0 spiro atoms. The van der Waals surface area contributed by atoms with E-state index in [9.17, 15) is 8.42 Å². The second kappa shape index (κ2) is 7.72. The fraction of sp³-hybridized carbons (Fsp3) is 0.733. The summed E-state index contributed by atoms with van der Waals surface area (Å²) in [6.07, 6.45) is 4.86. The lowest BCUT2D eigenvalue weighted by Gasteiger charge is -2.28. The smallest absolute Gasteiger partial charge is 0.241 e. The van der Waals surface area contributed by atoms with Gasteiger partial charge in [0.2, 0.25) is 10.0 Å². The van der Waals surface area contributed by atoms with Crippen LogP contribution in [0.1, 0.15) is 44.4 Å². The monoisotopic (exact) mass is 330 g/mol. The summed E-state index contributed by atoms with van der Waals surface area (Å²) >= 11 is 1.50. The number of hydrogen-bond donors (Lipinski definition) is 2. The molecule has 1 heterocycles. The molecule has 2 N–H and O–H groups in total. The van der Waals surface area contributed by atoms with E-state index in [4.69, 9.17) is 0 Å². The summed E-state index contributed by atoms with van der Waals surface area (Å²) < 4.78 is 27.5. The average molecular weight is 331 g/mol. The molecule has 2 atom stereocenters. The predicted molar refractivity (Wildman–Crippen MR) is 88.0 cm³/mol. The van der Waals surface area contributed by atoms with Gasteiger partial charge in [0.25, 0.3) is 0 Å². The molecule has 0 amide bonds. The molecule has 0 aliphatic heterocycles. The van der Waals surface area contributed by atoms with Crippen molar-refractivity contribution in [3.05, 3.63) is 16.3 Å². The lowest BCUT2D eigenvalue weighted by Crippen LogP contribution is -2.33. The van der Waals surface area contributed by atoms with E-state index in [-0.39, 0.29) is 0 Å². The first-order valence-corrected chi connectivity index (χ1v) is 10.2. The van der Waals surface area contributed by atoms with Gasteiger partial charge in [-0.2, -0.15) is 0 Å².